The van der Waals surface area contributed by atoms with Crippen molar-refractivity contribution in [1.82, 2.24) is 10.2 Å². The summed E-state index contributed by atoms with van der Waals surface area (Å²) in [7, 11) is -4.65. The summed E-state index contributed by atoms with van der Waals surface area (Å²) >= 11 is 0. The molecule has 1 saturated heterocycles. The highest BCUT2D eigenvalue weighted by molar-refractivity contribution is 7.92. The highest BCUT2D eigenvalue weighted by Gasteiger charge is 2.71. The molecule has 0 unspecified atom stereocenters. The van der Waals surface area contributed by atoms with Gasteiger partial charge in [0.15, 0.2) is 0 Å². The van der Waals surface area contributed by atoms with E-state index in [1.807, 2.05) is 0 Å². The van der Waals surface area contributed by atoms with Crippen LogP contribution in [0, 0.1) is 5.82 Å². The van der Waals surface area contributed by atoms with Crippen LogP contribution >= 0.6 is 0 Å². The molecule has 0 saturated carbocycles. The number of morpholine rings is 1. The van der Waals surface area contributed by atoms with Gasteiger partial charge in [-0.3, -0.25) is 13.9 Å². The summed E-state index contributed by atoms with van der Waals surface area (Å²) in [6, 6.07) is 3.77. The second kappa shape index (κ2) is 11.9. The number of fused-ring (bicyclic) bond motifs is 1. The Labute approximate surface area is 241 Å². The van der Waals surface area contributed by atoms with Crippen molar-refractivity contribution in [2.75, 3.05) is 37.2 Å². The number of sulfonamides is 1. The standard InChI is InChI=1S/C26H26F7N3O6S/c27-18-3-6-20(7-4-18)43(40,41)36-19(14-22(37)34-15-23(38)35-9-11-42-12-10-35)5-1-16-13-17(2-8-21(16)36)24(39,25(28,29)30)26(31,32)33/h2-4,6-8,13,19,39H,1,5,9-12,14-15H2,(H,34,37)/t19-/m0/s1. The lowest BCUT2D eigenvalue weighted by Gasteiger charge is -2.39. The maximum Gasteiger partial charge on any atom is 0.430 e. The number of nitrogens with one attached hydrogen (secondary N) is 1. The van der Waals surface area contributed by atoms with E-state index in [0.717, 1.165) is 24.3 Å². The van der Waals surface area contributed by atoms with Crippen LogP contribution < -0.4 is 9.62 Å². The predicted octanol–water partition coefficient (Wildman–Crippen LogP) is 3.01. The van der Waals surface area contributed by atoms with Crippen molar-refractivity contribution in [3.05, 3.63) is 59.4 Å². The molecular weight excluding hydrogens is 615 g/mol. The van der Waals surface area contributed by atoms with Crippen LogP contribution in [0.5, 0.6) is 0 Å². The molecule has 2 aliphatic rings. The molecule has 43 heavy (non-hydrogen) atoms. The Balaban J connectivity index is 1.68. The molecule has 2 amide bonds. The van der Waals surface area contributed by atoms with Gasteiger partial charge in [0.05, 0.1) is 36.4 Å². The Morgan fingerprint density at radius 2 is 1.58 bits per heavy atom. The monoisotopic (exact) mass is 641 g/mol. The zero-order valence-corrected chi connectivity index (χ0v) is 23.0. The van der Waals surface area contributed by atoms with Gasteiger partial charge < -0.3 is 20.1 Å². The third-order valence-electron chi connectivity index (χ3n) is 7.23. The van der Waals surface area contributed by atoms with Gasteiger partial charge in [-0.05, 0) is 48.7 Å². The summed E-state index contributed by atoms with van der Waals surface area (Å²) in [5.41, 5.74) is -7.40. The molecule has 1 fully saturated rings. The molecule has 2 aromatic carbocycles. The van der Waals surface area contributed by atoms with Crippen LogP contribution in [0.15, 0.2) is 47.4 Å². The van der Waals surface area contributed by atoms with E-state index in [1.54, 1.807) is 0 Å². The molecule has 2 aliphatic heterocycles. The molecule has 0 bridgehead atoms. The van der Waals surface area contributed by atoms with Gasteiger partial charge in [0.25, 0.3) is 15.6 Å². The number of anilines is 1. The number of benzene rings is 2. The van der Waals surface area contributed by atoms with Crippen molar-refractivity contribution in [2.45, 2.75) is 48.2 Å². The van der Waals surface area contributed by atoms with Crippen molar-refractivity contribution >= 4 is 27.5 Å². The Kier molecular flexibility index (Phi) is 9.00. The molecule has 2 N–H and O–H groups in total. The van der Waals surface area contributed by atoms with E-state index in [2.05, 4.69) is 5.32 Å². The Hall–Kier alpha value is -3.44. The molecule has 17 heteroatoms. The molecule has 0 radical (unpaired) electrons. The number of rotatable bonds is 7. The first-order valence-electron chi connectivity index (χ1n) is 12.9. The number of carbonyl (C=O) groups is 2. The number of amides is 2. The third-order valence-corrected chi connectivity index (χ3v) is 9.11. The summed E-state index contributed by atoms with van der Waals surface area (Å²) in [4.78, 5) is 26.2. The molecule has 0 spiro atoms. The molecule has 236 valence electrons. The normalized spacial score (nSPS) is 18.3. The maximum atomic E-state index is 13.7. The second-order valence-corrected chi connectivity index (χ2v) is 11.8. The molecule has 2 aromatic rings. The summed E-state index contributed by atoms with van der Waals surface area (Å²) in [5, 5.41) is 12.3. The van der Waals surface area contributed by atoms with E-state index in [9.17, 15) is 53.8 Å². The zero-order chi connectivity index (χ0) is 31.8. The minimum atomic E-state index is -6.16. The molecule has 4 rings (SSSR count). The van der Waals surface area contributed by atoms with E-state index >= 15 is 0 Å². The second-order valence-electron chi connectivity index (χ2n) is 9.97. The van der Waals surface area contributed by atoms with Crippen LogP contribution in [-0.4, -0.2) is 81.5 Å². The van der Waals surface area contributed by atoms with Crippen molar-refractivity contribution in [3.8, 4) is 0 Å². The van der Waals surface area contributed by atoms with Crippen molar-refractivity contribution in [3.63, 3.8) is 0 Å². The fourth-order valence-electron chi connectivity index (χ4n) is 4.97. The van der Waals surface area contributed by atoms with E-state index in [-0.39, 0.29) is 24.1 Å². The van der Waals surface area contributed by atoms with Crippen molar-refractivity contribution < 1.29 is 58.6 Å². The topological polar surface area (TPSA) is 116 Å². The number of hydrogen-bond donors (Lipinski definition) is 2. The van der Waals surface area contributed by atoms with Gasteiger partial charge in [-0.1, -0.05) is 12.1 Å². The minimum Gasteiger partial charge on any atom is -0.378 e. The van der Waals surface area contributed by atoms with Gasteiger partial charge in [0, 0.05) is 25.1 Å². The predicted molar refractivity (Wildman–Crippen MR) is 136 cm³/mol. The summed E-state index contributed by atoms with van der Waals surface area (Å²) in [6.45, 7) is 0.879. The number of halogens is 7. The number of nitrogens with zero attached hydrogens (tertiary/aromatic N) is 2. The highest BCUT2D eigenvalue weighted by Crippen LogP contribution is 2.51. The molecule has 0 aromatic heterocycles. The van der Waals surface area contributed by atoms with Gasteiger partial charge in [-0.2, -0.15) is 26.3 Å². The van der Waals surface area contributed by atoms with Crippen LogP contribution in [0.25, 0.3) is 0 Å². The molecular formula is C26H26F7N3O6S. The summed E-state index contributed by atoms with van der Waals surface area (Å²) in [5.74, 6) is -1.92. The number of aryl methyl sites for hydroxylation is 1. The van der Waals surface area contributed by atoms with E-state index < -0.39 is 75.1 Å². The Morgan fingerprint density at radius 3 is 2.16 bits per heavy atom. The first-order valence-corrected chi connectivity index (χ1v) is 14.3. The van der Waals surface area contributed by atoms with E-state index in [1.165, 1.54) is 4.90 Å². The lowest BCUT2D eigenvalue weighted by Crippen LogP contribution is -2.54. The molecule has 9 nitrogen and oxygen atoms in total. The quantitative estimate of drug-likeness (QED) is 0.450. The van der Waals surface area contributed by atoms with Crippen LogP contribution in [0.3, 0.4) is 0 Å². The van der Waals surface area contributed by atoms with Gasteiger partial charge in [0.1, 0.15) is 5.82 Å². The first-order chi connectivity index (χ1) is 20.0. The number of ether oxygens (including phenoxy) is 1. The fourth-order valence-corrected chi connectivity index (χ4v) is 6.68. The van der Waals surface area contributed by atoms with E-state index in [4.69, 9.17) is 4.74 Å². The first kappa shape index (κ1) is 32.5. The Bertz CT molecular complexity index is 1450. The third kappa shape index (κ3) is 6.43. The van der Waals surface area contributed by atoms with Crippen LogP contribution in [0.1, 0.15) is 24.0 Å². The van der Waals surface area contributed by atoms with Gasteiger partial charge in [-0.25, -0.2) is 12.8 Å². The fraction of sp³-hybridized carbons (Fsp3) is 0.462. The average molecular weight is 642 g/mol. The van der Waals surface area contributed by atoms with Crippen LogP contribution in [-0.2, 0) is 36.4 Å². The van der Waals surface area contributed by atoms with Gasteiger partial charge >= 0.3 is 12.4 Å². The summed E-state index contributed by atoms with van der Waals surface area (Å²) < 4.78 is 128. The highest BCUT2D eigenvalue weighted by atomic mass is 32.2. The molecule has 2 heterocycles. The lowest BCUT2D eigenvalue weighted by molar-refractivity contribution is -0.376. The van der Waals surface area contributed by atoms with Gasteiger partial charge in [-0.15, -0.1) is 0 Å². The van der Waals surface area contributed by atoms with E-state index in [0.29, 0.717) is 48.8 Å². The zero-order valence-electron chi connectivity index (χ0n) is 22.2. The molecule has 1 atom stereocenters. The summed E-state index contributed by atoms with van der Waals surface area (Å²) in [6.07, 6.45) is -13.3. The number of hydrogen-bond acceptors (Lipinski definition) is 6. The van der Waals surface area contributed by atoms with Crippen LogP contribution in [0.4, 0.5) is 36.4 Å². The van der Waals surface area contributed by atoms with Crippen molar-refractivity contribution in [1.29, 1.82) is 0 Å². The number of alkyl halides is 6. The average Bonchev–Trinajstić information content (AvgIpc) is 2.94. The maximum absolute atomic E-state index is 13.7. The number of carbonyl (C=O) groups excluding carboxylic acids is 2. The largest absolute Gasteiger partial charge is 0.430 e. The van der Waals surface area contributed by atoms with Crippen LogP contribution in [0.2, 0.25) is 0 Å². The smallest absolute Gasteiger partial charge is 0.378 e. The van der Waals surface area contributed by atoms with Crippen molar-refractivity contribution in [2.24, 2.45) is 0 Å². The van der Waals surface area contributed by atoms with Gasteiger partial charge in [0.2, 0.25) is 11.8 Å². The number of aliphatic hydroxyl groups is 1. The lowest BCUT2D eigenvalue weighted by atomic mass is 9.87. The molecule has 0 aliphatic carbocycles. The minimum absolute atomic E-state index is 0.224. The Morgan fingerprint density at radius 1 is 0.977 bits per heavy atom. The SMILES string of the molecule is O=C(C[C@@H]1CCc2cc(C(O)(C(F)(F)F)C(F)(F)F)ccc2N1S(=O)(=O)c1ccc(F)cc1)NCC(=O)N1CCOCC1.